The molecule has 0 radical (unpaired) electrons. The molecule has 0 atom stereocenters. The third-order valence-corrected chi connectivity index (χ3v) is 2.31. The van der Waals surface area contributed by atoms with Gasteiger partial charge in [0.2, 0.25) is 0 Å². The Hall–Kier alpha value is -1.65. The monoisotopic (exact) mass is 210 g/mol. The molecule has 1 rings (SSSR count). The summed E-state index contributed by atoms with van der Waals surface area (Å²) in [5.74, 6) is 0. The predicted molar refractivity (Wildman–Crippen MR) is 56.9 cm³/mol. The summed E-state index contributed by atoms with van der Waals surface area (Å²) in [6, 6.07) is 1.65. The highest BCUT2D eigenvalue weighted by Crippen LogP contribution is 2.15. The molecule has 82 valence electrons. The van der Waals surface area contributed by atoms with E-state index in [-0.39, 0.29) is 5.69 Å². The molecule has 0 fully saturated rings. The quantitative estimate of drug-likeness (QED) is 0.560. The van der Waals surface area contributed by atoms with Gasteiger partial charge in [-0.15, -0.1) is 0 Å². The molecular formula is C10H14N2O3. The summed E-state index contributed by atoms with van der Waals surface area (Å²) in [7, 11) is 1.51. The van der Waals surface area contributed by atoms with Gasteiger partial charge in [0.05, 0.1) is 4.92 Å². The van der Waals surface area contributed by atoms with E-state index in [1.807, 2.05) is 6.92 Å². The molecule has 0 aromatic carbocycles. The lowest BCUT2D eigenvalue weighted by molar-refractivity contribution is -0.387. The van der Waals surface area contributed by atoms with Crippen molar-refractivity contribution in [2.75, 3.05) is 0 Å². The van der Waals surface area contributed by atoms with Crippen LogP contribution in [-0.4, -0.2) is 9.49 Å². The molecule has 0 aliphatic rings. The average molecular weight is 210 g/mol. The molecule has 0 unspecified atom stereocenters. The maximum atomic E-state index is 11.5. The van der Waals surface area contributed by atoms with E-state index in [1.54, 1.807) is 12.3 Å². The molecule has 0 bridgehead atoms. The highest BCUT2D eigenvalue weighted by atomic mass is 16.6. The first kappa shape index (κ1) is 11.4. The van der Waals surface area contributed by atoms with Gasteiger partial charge in [0.15, 0.2) is 0 Å². The molecule has 0 aliphatic carbocycles. The second-order valence-electron chi connectivity index (χ2n) is 3.47. The molecule has 0 saturated heterocycles. The Morgan fingerprint density at radius 2 is 2.20 bits per heavy atom. The summed E-state index contributed by atoms with van der Waals surface area (Å²) in [6.45, 7) is 2.01. The van der Waals surface area contributed by atoms with E-state index < -0.39 is 10.5 Å². The van der Waals surface area contributed by atoms with Gasteiger partial charge in [-0.1, -0.05) is 13.3 Å². The van der Waals surface area contributed by atoms with Gasteiger partial charge in [0.1, 0.15) is 0 Å². The predicted octanol–water partition coefficient (Wildman–Crippen LogP) is 1.64. The highest BCUT2D eigenvalue weighted by Gasteiger charge is 2.19. The first-order valence-corrected chi connectivity index (χ1v) is 4.90. The Morgan fingerprint density at radius 3 is 2.73 bits per heavy atom. The molecule has 15 heavy (non-hydrogen) atoms. The molecule has 0 amide bonds. The van der Waals surface area contributed by atoms with Crippen LogP contribution < -0.4 is 5.56 Å². The third kappa shape index (κ3) is 2.43. The van der Waals surface area contributed by atoms with E-state index in [1.165, 1.54) is 11.6 Å². The number of hydrogen-bond donors (Lipinski definition) is 0. The summed E-state index contributed by atoms with van der Waals surface area (Å²) < 4.78 is 1.23. The summed E-state index contributed by atoms with van der Waals surface area (Å²) in [4.78, 5) is 21.7. The fourth-order valence-electron chi connectivity index (χ4n) is 1.42. The maximum Gasteiger partial charge on any atom is 0.337 e. The minimum atomic E-state index is -0.590. The van der Waals surface area contributed by atoms with E-state index in [0.717, 1.165) is 12.8 Å². The number of hydrogen-bond acceptors (Lipinski definition) is 3. The lowest BCUT2D eigenvalue weighted by atomic mass is 10.1. The number of nitro groups is 1. The minimum Gasteiger partial charge on any atom is -0.313 e. The number of unbranched alkanes of at least 4 members (excludes halogenated alkanes) is 1. The minimum absolute atomic E-state index is 0.284. The summed E-state index contributed by atoms with van der Waals surface area (Å²) in [6.07, 6.45) is 3.96. The van der Waals surface area contributed by atoms with E-state index in [0.29, 0.717) is 12.0 Å². The Morgan fingerprint density at radius 1 is 1.53 bits per heavy atom. The van der Waals surface area contributed by atoms with Crippen molar-refractivity contribution in [3.8, 4) is 0 Å². The van der Waals surface area contributed by atoms with Crippen LogP contribution in [0.5, 0.6) is 0 Å². The van der Waals surface area contributed by atoms with Crippen LogP contribution in [-0.2, 0) is 13.5 Å². The van der Waals surface area contributed by atoms with Crippen molar-refractivity contribution in [1.29, 1.82) is 0 Å². The number of nitrogens with zero attached hydrogens (tertiary/aromatic N) is 2. The zero-order chi connectivity index (χ0) is 11.4. The molecule has 0 saturated carbocycles. The Bertz CT molecular complexity index is 423. The van der Waals surface area contributed by atoms with Gasteiger partial charge >= 0.3 is 11.2 Å². The molecule has 1 heterocycles. The van der Waals surface area contributed by atoms with Crippen LogP contribution in [0.1, 0.15) is 25.3 Å². The molecule has 1 aromatic rings. The van der Waals surface area contributed by atoms with Crippen molar-refractivity contribution in [2.45, 2.75) is 26.2 Å². The van der Waals surface area contributed by atoms with Crippen molar-refractivity contribution in [2.24, 2.45) is 7.05 Å². The van der Waals surface area contributed by atoms with E-state index >= 15 is 0 Å². The molecular weight excluding hydrogens is 196 g/mol. The normalized spacial score (nSPS) is 10.3. The summed E-state index contributed by atoms with van der Waals surface area (Å²) >= 11 is 0. The van der Waals surface area contributed by atoms with Crippen LogP contribution in [0.4, 0.5) is 5.69 Å². The Balaban J connectivity index is 3.21. The number of rotatable bonds is 4. The topological polar surface area (TPSA) is 65.1 Å². The Labute approximate surface area is 87.5 Å². The summed E-state index contributed by atoms with van der Waals surface area (Å²) in [5.41, 5.74) is -0.285. The van der Waals surface area contributed by atoms with Crippen molar-refractivity contribution in [1.82, 2.24) is 4.57 Å². The van der Waals surface area contributed by atoms with Gasteiger partial charge in [-0.2, -0.15) is 0 Å². The molecule has 1 aromatic heterocycles. The highest BCUT2D eigenvalue weighted by molar-refractivity contribution is 5.37. The van der Waals surface area contributed by atoms with E-state index in [4.69, 9.17) is 0 Å². The van der Waals surface area contributed by atoms with Gasteiger partial charge in [-0.05, 0) is 18.9 Å². The SMILES string of the molecule is CCCCc1ccn(C)c(=O)c1[N+](=O)[O-]. The standard InChI is InChI=1S/C10H14N2O3/c1-3-4-5-8-6-7-11(2)10(13)9(8)12(14)15/h6-7H,3-5H2,1-2H3. The second kappa shape index (κ2) is 4.72. The maximum absolute atomic E-state index is 11.5. The van der Waals surface area contributed by atoms with E-state index in [2.05, 4.69) is 0 Å². The van der Waals surface area contributed by atoms with Gasteiger partial charge < -0.3 is 4.57 Å². The molecule has 0 spiro atoms. The van der Waals surface area contributed by atoms with Crippen molar-refractivity contribution in [3.05, 3.63) is 38.3 Å². The zero-order valence-corrected chi connectivity index (χ0v) is 8.90. The number of aryl methyl sites for hydroxylation is 2. The van der Waals surface area contributed by atoms with Crippen LogP contribution >= 0.6 is 0 Å². The second-order valence-corrected chi connectivity index (χ2v) is 3.47. The number of pyridine rings is 1. The lowest BCUT2D eigenvalue weighted by Gasteiger charge is -2.03. The smallest absolute Gasteiger partial charge is 0.313 e. The van der Waals surface area contributed by atoms with Gasteiger partial charge in [-0.3, -0.25) is 14.9 Å². The third-order valence-electron chi connectivity index (χ3n) is 2.31. The Kier molecular flexibility index (Phi) is 3.60. The molecule has 0 aliphatic heterocycles. The molecule has 0 N–H and O–H groups in total. The van der Waals surface area contributed by atoms with Crippen LogP contribution in [0, 0.1) is 10.1 Å². The van der Waals surface area contributed by atoms with Gasteiger partial charge in [0, 0.05) is 18.8 Å². The van der Waals surface area contributed by atoms with Crippen molar-refractivity contribution in [3.63, 3.8) is 0 Å². The molecule has 5 nitrogen and oxygen atoms in total. The fourth-order valence-corrected chi connectivity index (χ4v) is 1.42. The average Bonchev–Trinajstić information content (AvgIpc) is 2.19. The molecule has 5 heteroatoms. The zero-order valence-electron chi connectivity index (χ0n) is 8.90. The first-order chi connectivity index (χ1) is 7.07. The van der Waals surface area contributed by atoms with Crippen molar-refractivity contribution < 1.29 is 4.92 Å². The van der Waals surface area contributed by atoms with E-state index in [9.17, 15) is 14.9 Å². The van der Waals surface area contributed by atoms with Gasteiger partial charge in [0.25, 0.3) is 0 Å². The first-order valence-electron chi connectivity index (χ1n) is 4.90. The van der Waals surface area contributed by atoms with Crippen molar-refractivity contribution >= 4 is 5.69 Å². The lowest BCUT2D eigenvalue weighted by Crippen LogP contribution is -2.20. The fraction of sp³-hybridized carbons (Fsp3) is 0.500. The van der Waals surface area contributed by atoms with Crippen LogP contribution in [0.25, 0.3) is 0 Å². The summed E-state index contributed by atoms with van der Waals surface area (Å²) in [5, 5.41) is 10.8. The largest absolute Gasteiger partial charge is 0.337 e. The van der Waals surface area contributed by atoms with Crippen LogP contribution in [0.15, 0.2) is 17.1 Å². The van der Waals surface area contributed by atoms with Crippen LogP contribution in [0.2, 0.25) is 0 Å². The number of aromatic nitrogens is 1. The van der Waals surface area contributed by atoms with Gasteiger partial charge in [-0.25, -0.2) is 0 Å². The van der Waals surface area contributed by atoms with Crippen LogP contribution in [0.3, 0.4) is 0 Å².